The normalized spacial score (nSPS) is 23.9. The van der Waals surface area contributed by atoms with Gasteiger partial charge in [-0.25, -0.2) is 9.78 Å². The number of thioether (sulfide) groups is 1. The number of likely N-dealkylation sites (tertiary alicyclic amines) is 1. The zero-order valence-electron chi connectivity index (χ0n) is 18.4. The van der Waals surface area contributed by atoms with Gasteiger partial charge in [-0.1, -0.05) is 5.16 Å². The zero-order valence-corrected chi connectivity index (χ0v) is 22.0. The van der Waals surface area contributed by atoms with E-state index in [1.54, 1.807) is 0 Å². The summed E-state index contributed by atoms with van der Waals surface area (Å²) in [5.41, 5.74) is 4.85. The topological polar surface area (TPSA) is 211 Å². The van der Waals surface area contributed by atoms with E-state index in [2.05, 4.69) is 15.5 Å². The van der Waals surface area contributed by atoms with Crippen LogP contribution in [-0.4, -0.2) is 97.7 Å². The van der Waals surface area contributed by atoms with E-state index in [0.717, 1.165) is 28.0 Å². The first-order valence-electron chi connectivity index (χ1n) is 9.93. The van der Waals surface area contributed by atoms with Gasteiger partial charge >= 0.3 is 35.7 Å². The number of anilines is 1. The fraction of sp³-hybridized carbons (Fsp3) is 0.444. The molecule has 0 radical (unpaired) electrons. The number of rotatable bonds is 6. The first kappa shape index (κ1) is 27.2. The van der Waals surface area contributed by atoms with Crippen molar-refractivity contribution in [2.45, 2.75) is 23.9 Å². The molecule has 4 heterocycles. The smallest absolute Gasteiger partial charge is 0.543 e. The Morgan fingerprint density at radius 1 is 1.40 bits per heavy atom. The molecule has 3 atom stereocenters. The van der Waals surface area contributed by atoms with E-state index in [9.17, 15) is 34.6 Å². The van der Waals surface area contributed by atoms with Crippen molar-refractivity contribution in [2.75, 3.05) is 31.2 Å². The summed E-state index contributed by atoms with van der Waals surface area (Å²) in [5.74, 6) is -3.13. The first-order chi connectivity index (χ1) is 16.2. The van der Waals surface area contributed by atoms with E-state index in [1.165, 1.54) is 10.3 Å². The molecule has 3 aliphatic heterocycles. The predicted octanol–water partition coefficient (Wildman–Crippen LogP) is -5.49. The molecule has 0 saturated carbocycles. The third-order valence-corrected chi connectivity index (χ3v) is 7.41. The molecule has 4 rings (SSSR count). The van der Waals surface area contributed by atoms with Gasteiger partial charge in [0.15, 0.2) is 10.8 Å². The van der Waals surface area contributed by atoms with Crippen molar-refractivity contribution in [2.24, 2.45) is 5.16 Å². The maximum absolute atomic E-state index is 12.7. The molecule has 0 aliphatic carbocycles. The summed E-state index contributed by atoms with van der Waals surface area (Å²) in [6, 6.07) is -1.09. The number of oxime groups is 1. The molecule has 2 fully saturated rings. The molecule has 14 nitrogen and oxygen atoms in total. The Bertz CT molecular complexity index is 1110. The molecular weight excluding hydrogens is 515 g/mol. The number of ether oxygens (including phenoxy) is 1. The minimum atomic E-state index is -1.62. The summed E-state index contributed by atoms with van der Waals surface area (Å²) < 4.78 is 5.17. The van der Waals surface area contributed by atoms with Crippen LogP contribution in [0.4, 0.5) is 9.93 Å². The molecule has 3 amide bonds. The largest absolute Gasteiger partial charge is 1.00 e. The van der Waals surface area contributed by atoms with E-state index in [4.69, 9.17) is 10.5 Å². The van der Waals surface area contributed by atoms with Crippen LogP contribution in [-0.2, 0) is 19.1 Å². The fourth-order valence-electron chi connectivity index (χ4n) is 3.75. The van der Waals surface area contributed by atoms with Crippen molar-refractivity contribution >= 4 is 57.8 Å². The number of carbonyl (C=O) groups excluding carboxylic acids is 4. The van der Waals surface area contributed by atoms with Crippen molar-refractivity contribution in [3.8, 4) is 0 Å². The Hall–Kier alpha value is -2.37. The number of β-amino-alcohol motifs (C(OH)–C–C–N with tert-alkyl or cyclic N) is 1. The minimum absolute atomic E-state index is 0. The third kappa shape index (κ3) is 5.41. The number of aromatic nitrogens is 1. The Labute approximate surface area is 228 Å². The summed E-state index contributed by atoms with van der Waals surface area (Å²) in [4.78, 5) is 55.3. The molecule has 182 valence electrons. The molecule has 3 aliphatic rings. The number of nitrogens with one attached hydrogen (secondary N) is 1. The number of thiazole rings is 1. The molecule has 2 unspecified atom stereocenters. The van der Waals surface area contributed by atoms with E-state index < -0.39 is 52.8 Å². The number of aliphatic carboxylic acids is 1. The van der Waals surface area contributed by atoms with E-state index in [1.807, 2.05) is 0 Å². The molecular formula is C18H19N6NaO8S2. The molecule has 0 spiro atoms. The van der Waals surface area contributed by atoms with Crippen LogP contribution in [0.15, 0.2) is 21.8 Å². The fourth-order valence-corrected chi connectivity index (χ4v) is 5.62. The number of amides is 3. The van der Waals surface area contributed by atoms with Crippen LogP contribution in [0.5, 0.6) is 0 Å². The van der Waals surface area contributed by atoms with Gasteiger partial charge in [-0.2, -0.15) is 0 Å². The summed E-state index contributed by atoms with van der Waals surface area (Å²) in [7, 11) is 0. The number of nitrogens with zero attached hydrogens (tertiary/aromatic N) is 4. The van der Waals surface area contributed by atoms with Gasteiger partial charge in [0.1, 0.15) is 23.7 Å². The van der Waals surface area contributed by atoms with Crippen molar-refractivity contribution in [3.63, 3.8) is 0 Å². The second kappa shape index (κ2) is 11.1. The maximum Gasteiger partial charge on any atom is 1.00 e. The number of hydrogen-bond donors (Lipinski definition) is 4. The van der Waals surface area contributed by atoms with Crippen LogP contribution in [0.2, 0.25) is 0 Å². The Balaban J connectivity index is 0.00000342. The number of fused-ring (bicyclic) bond motifs is 1. The van der Waals surface area contributed by atoms with E-state index in [0.29, 0.717) is 13.0 Å². The van der Waals surface area contributed by atoms with Gasteiger partial charge in [-0.05, 0) is 6.42 Å². The molecule has 0 aromatic carbocycles. The predicted molar refractivity (Wildman–Crippen MR) is 115 cm³/mol. The summed E-state index contributed by atoms with van der Waals surface area (Å²) in [6.07, 6.45) is -0.910. The number of nitrogens with two attached hydrogens (primary N) is 1. The van der Waals surface area contributed by atoms with Crippen LogP contribution >= 0.6 is 23.1 Å². The third-order valence-electron chi connectivity index (χ3n) is 5.40. The average Bonchev–Trinajstić information content (AvgIpc) is 3.43. The van der Waals surface area contributed by atoms with Gasteiger partial charge in [0.05, 0.1) is 17.8 Å². The number of β-lactam (4-membered cyclic amide) rings is 1. The molecule has 1 aromatic heterocycles. The van der Waals surface area contributed by atoms with E-state index in [-0.39, 0.29) is 64.9 Å². The number of aliphatic hydroxyl groups is 1. The zero-order chi connectivity index (χ0) is 24.6. The molecule has 5 N–H and O–H groups in total. The molecule has 35 heavy (non-hydrogen) atoms. The number of hydrogen-bond acceptors (Lipinski definition) is 13. The Morgan fingerprint density at radius 3 is 2.71 bits per heavy atom. The van der Waals surface area contributed by atoms with Crippen LogP contribution in [0.1, 0.15) is 12.1 Å². The van der Waals surface area contributed by atoms with Crippen molar-refractivity contribution in [1.82, 2.24) is 20.1 Å². The van der Waals surface area contributed by atoms with Gasteiger partial charge in [-0.3, -0.25) is 14.5 Å². The number of carbonyl (C=O) groups is 4. The molecule has 0 bridgehead atoms. The van der Waals surface area contributed by atoms with E-state index >= 15 is 0 Å². The number of carboxylic acids is 1. The molecule has 1 aromatic rings. The van der Waals surface area contributed by atoms with Crippen LogP contribution < -0.4 is 45.7 Å². The van der Waals surface area contributed by atoms with Crippen LogP contribution in [0.3, 0.4) is 0 Å². The van der Waals surface area contributed by atoms with Gasteiger partial charge in [0.25, 0.3) is 11.8 Å². The van der Waals surface area contributed by atoms with Crippen LogP contribution in [0, 0.1) is 0 Å². The summed E-state index contributed by atoms with van der Waals surface area (Å²) in [5, 5.41) is 36.7. The second-order valence-electron chi connectivity index (χ2n) is 7.56. The second-order valence-corrected chi connectivity index (χ2v) is 9.56. The first-order valence-corrected chi connectivity index (χ1v) is 11.9. The maximum atomic E-state index is 12.7. The van der Waals surface area contributed by atoms with Crippen molar-refractivity contribution < 1.29 is 68.9 Å². The van der Waals surface area contributed by atoms with Crippen LogP contribution in [0.25, 0.3) is 0 Å². The average molecular weight is 535 g/mol. The summed E-state index contributed by atoms with van der Waals surface area (Å²) >= 11 is 2.19. The molecule has 2 saturated heterocycles. The van der Waals surface area contributed by atoms with Crippen molar-refractivity contribution in [1.29, 1.82) is 0 Å². The minimum Gasteiger partial charge on any atom is -0.543 e. The Morgan fingerprint density at radius 2 is 2.14 bits per heavy atom. The SMILES string of the molecule is Nc1nc(/C(=N/O)C(=O)NC2C(=O)N3C(C(=O)[O-])=C(COC(=O)N4CCC(O)C4)CS[C@H]23)cs1.[Na+]. The standard InChI is InChI=1S/C18H20N6O8S2.Na/c19-17-20-9(6-34-17)10(22-31)13(26)21-11-14(27)24-12(16(28)29)7(5-33-15(11)24)4-32-18(30)23-2-1-8(25)3-23;/h6,8,11,15,25,31H,1-5H2,(H2,19,20)(H,21,26)(H,28,29);/q;+1/p-1/b22-10-;/t8?,11?,15-;/m1./s1. The van der Waals surface area contributed by atoms with Gasteiger partial charge in [-0.15, -0.1) is 23.1 Å². The van der Waals surface area contributed by atoms with Gasteiger partial charge in [0, 0.05) is 29.8 Å². The van der Waals surface area contributed by atoms with Gasteiger partial charge < -0.3 is 40.9 Å². The number of aliphatic hydroxyl groups excluding tert-OH is 1. The van der Waals surface area contributed by atoms with Crippen molar-refractivity contribution in [3.05, 3.63) is 22.3 Å². The summed E-state index contributed by atoms with van der Waals surface area (Å²) in [6.45, 7) is 0.0737. The quantitative estimate of drug-likeness (QED) is 0.0889. The monoisotopic (exact) mass is 534 g/mol. The molecule has 17 heteroatoms. The number of carboxylic acid groups (broad SMARTS) is 1. The number of nitrogen functional groups attached to an aromatic ring is 1. The Kier molecular flexibility index (Phi) is 8.66. The van der Waals surface area contributed by atoms with Gasteiger partial charge in [0.2, 0.25) is 0 Å².